The molecule has 176 valence electrons. The van der Waals surface area contributed by atoms with Gasteiger partial charge in [0, 0.05) is 25.0 Å². The predicted molar refractivity (Wildman–Crippen MR) is 151 cm³/mol. The molecule has 3 aromatic rings. The van der Waals surface area contributed by atoms with Crippen molar-refractivity contribution in [1.29, 1.82) is 0 Å². The van der Waals surface area contributed by atoms with Gasteiger partial charge in [-0.15, -0.1) is 22.7 Å². The van der Waals surface area contributed by atoms with E-state index in [-0.39, 0.29) is 5.41 Å². The summed E-state index contributed by atoms with van der Waals surface area (Å²) in [6.07, 6.45) is 1.81. The fourth-order valence-electron chi connectivity index (χ4n) is 5.49. The van der Waals surface area contributed by atoms with E-state index in [1.165, 1.54) is 30.3 Å². The fraction of sp³-hybridized carbons (Fsp3) is 0.429. The molecule has 1 aromatic carbocycles. The SMILES string of the molecule is C=CCOc1c(Cl)cc(C(C)(C)C)cc1[Si](CC)(CC)C1c2cc(C)sc2-c2sc(C)cc21. The van der Waals surface area contributed by atoms with E-state index >= 15 is 0 Å². The van der Waals surface area contributed by atoms with E-state index in [1.54, 1.807) is 11.1 Å². The van der Waals surface area contributed by atoms with Gasteiger partial charge in [-0.05, 0) is 59.3 Å². The molecule has 5 heteroatoms. The van der Waals surface area contributed by atoms with Crippen LogP contribution in [0, 0.1) is 13.8 Å². The molecule has 2 heterocycles. The molecule has 33 heavy (non-hydrogen) atoms. The molecular weight excluding hydrogens is 480 g/mol. The third-order valence-electron chi connectivity index (χ3n) is 7.20. The smallest absolute Gasteiger partial charge is 0.137 e. The average Bonchev–Trinajstić information content (AvgIpc) is 3.38. The first-order valence-corrected chi connectivity index (χ1v) is 16.4. The van der Waals surface area contributed by atoms with E-state index < -0.39 is 8.07 Å². The molecule has 0 bridgehead atoms. The summed E-state index contributed by atoms with van der Waals surface area (Å²) in [5, 5.41) is 2.11. The van der Waals surface area contributed by atoms with Crippen molar-refractivity contribution in [2.24, 2.45) is 0 Å². The number of halogens is 1. The summed E-state index contributed by atoms with van der Waals surface area (Å²) in [4.78, 5) is 5.80. The van der Waals surface area contributed by atoms with Crippen molar-refractivity contribution in [2.45, 2.75) is 71.5 Å². The van der Waals surface area contributed by atoms with Crippen LogP contribution in [0.15, 0.2) is 36.9 Å². The normalized spacial score (nSPS) is 13.8. The summed E-state index contributed by atoms with van der Waals surface area (Å²) in [6.45, 7) is 20.4. The Labute approximate surface area is 213 Å². The van der Waals surface area contributed by atoms with Crippen LogP contribution in [0.2, 0.25) is 17.1 Å². The Bertz CT molecular complexity index is 1150. The Balaban J connectivity index is 2.04. The van der Waals surface area contributed by atoms with Crippen LogP contribution in [0.5, 0.6) is 5.75 Å². The van der Waals surface area contributed by atoms with Crippen LogP contribution >= 0.6 is 34.3 Å². The van der Waals surface area contributed by atoms with Gasteiger partial charge in [0.1, 0.15) is 20.4 Å². The quantitative estimate of drug-likeness (QED) is 0.226. The summed E-state index contributed by atoms with van der Waals surface area (Å²) >= 11 is 10.9. The first-order valence-electron chi connectivity index (χ1n) is 11.9. The molecule has 4 rings (SSSR count). The third kappa shape index (κ3) is 4.07. The zero-order chi connectivity index (χ0) is 24.1. The summed E-state index contributed by atoms with van der Waals surface area (Å²) in [5.74, 6) is 0.883. The maximum absolute atomic E-state index is 6.98. The minimum Gasteiger partial charge on any atom is -0.488 e. The Hall–Kier alpha value is -1.33. The summed E-state index contributed by atoms with van der Waals surface area (Å²) in [5.41, 5.74) is 4.82. The molecule has 0 spiro atoms. The first-order chi connectivity index (χ1) is 15.6. The molecular formula is C28H35ClOS2Si. The second-order valence-corrected chi connectivity index (χ2v) is 18.0. The maximum atomic E-state index is 6.98. The van der Waals surface area contributed by atoms with Crippen LogP contribution in [0.4, 0.5) is 0 Å². The highest BCUT2D eigenvalue weighted by Gasteiger charge is 2.49. The molecule has 0 N–H and O–H groups in total. The van der Waals surface area contributed by atoms with Gasteiger partial charge in [-0.2, -0.15) is 0 Å². The minimum absolute atomic E-state index is 0.0148. The molecule has 0 atom stereocenters. The number of aryl methyl sites for hydroxylation is 2. The van der Waals surface area contributed by atoms with Crippen LogP contribution in [0.3, 0.4) is 0 Å². The third-order valence-corrected chi connectivity index (χ3v) is 15.5. The van der Waals surface area contributed by atoms with Gasteiger partial charge in [0.25, 0.3) is 0 Å². The molecule has 2 aromatic heterocycles. The largest absolute Gasteiger partial charge is 0.488 e. The lowest BCUT2D eigenvalue weighted by atomic mass is 9.87. The van der Waals surface area contributed by atoms with Crippen molar-refractivity contribution in [3.63, 3.8) is 0 Å². The summed E-state index contributed by atoms with van der Waals surface area (Å²) in [6, 6.07) is 11.8. The number of hydrogen-bond donors (Lipinski definition) is 0. The molecule has 0 unspecified atom stereocenters. The number of hydrogen-bond acceptors (Lipinski definition) is 3. The van der Waals surface area contributed by atoms with Gasteiger partial charge in [0.15, 0.2) is 0 Å². The monoisotopic (exact) mass is 514 g/mol. The summed E-state index contributed by atoms with van der Waals surface area (Å²) in [7, 11) is -2.13. The fourth-order valence-corrected chi connectivity index (χ4v) is 13.5. The second-order valence-electron chi connectivity index (χ2n) is 10.3. The van der Waals surface area contributed by atoms with Crippen LogP contribution in [-0.4, -0.2) is 14.7 Å². The molecule has 0 aliphatic heterocycles. The number of ether oxygens (including phenoxy) is 1. The lowest BCUT2D eigenvalue weighted by Crippen LogP contribution is -2.53. The predicted octanol–water partition coefficient (Wildman–Crippen LogP) is 8.99. The highest BCUT2D eigenvalue weighted by molar-refractivity contribution is 7.23. The van der Waals surface area contributed by atoms with Crippen LogP contribution in [0.1, 0.15) is 66.6 Å². The number of benzene rings is 1. The van der Waals surface area contributed by atoms with Crippen molar-refractivity contribution in [2.75, 3.05) is 6.61 Å². The van der Waals surface area contributed by atoms with Crippen molar-refractivity contribution in [3.05, 3.63) is 68.4 Å². The van der Waals surface area contributed by atoms with E-state index in [2.05, 4.69) is 79.3 Å². The highest BCUT2D eigenvalue weighted by atomic mass is 35.5. The Morgan fingerprint density at radius 3 is 2.00 bits per heavy atom. The lowest BCUT2D eigenvalue weighted by molar-refractivity contribution is 0.365. The van der Waals surface area contributed by atoms with Crippen molar-refractivity contribution >= 4 is 47.5 Å². The van der Waals surface area contributed by atoms with E-state index in [0.717, 1.165) is 22.9 Å². The van der Waals surface area contributed by atoms with Gasteiger partial charge in [0.2, 0.25) is 0 Å². The van der Waals surface area contributed by atoms with Crippen molar-refractivity contribution < 1.29 is 4.74 Å². The maximum Gasteiger partial charge on any atom is 0.137 e. The second kappa shape index (κ2) is 9.03. The molecule has 0 fully saturated rings. The van der Waals surface area contributed by atoms with E-state index in [1.807, 2.05) is 28.7 Å². The van der Waals surface area contributed by atoms with E-state index in [9.17, 15) is 0 Å². The number of rotatable bonds is 7. The molecule has 0 radical (unpaired) electrons. The molecule has 1 nitrogen and oxygen atoms in total. The van der Waals surface area contributed by atoms with Gasteiger partial charge in [0.05, 0.1) is 5.02 Å². The summed E-state index contributed by atoms with van der Waals surface area (Å²) < 4.78 is 6.33. The van der Waals surface area contributed by atoms with E-state index in [4.69, 9.17) is 16.3 Å². The molecule has 0 saturated heterocycles. The average molecular weight is 515 g/mol. The lowest BCUT2D eigenvalue weighted by Gasteiger charge is -2.39. The van der Waals surface area contributed by atoms with E-state index in [0.29, 0.717) is 12.1 Å². The molecule has 1 aliphatic rings. The number of fused-ring (bicyclic) bond motifs is 3. The number of thiophene rings is 2. The topological polar surface area (TPSA) is 9.23 Å². The Morgan fingerprint density at radius 1 is 1.00 bits per heavy atom. The molecule has 0 amide bonds. The molecule has 1 aliphatic carbocycles. The standard InChI is InChI=1S/C28H35ClOS2Si/c1-9-12-30-24-22(29)15-19(28(6,7)8)16-23(24)33(10-2,11-3)27-20-13-17(4)31-25(20)26-21(27)14-18(5)32-26/h9,13-16,27H,1,10-12H2,2-8H3. The van der Waals surface area contributed by atoms with Crippen LogP contribution in [0.25, 0.3) is 9.75 Å². The van der Waals surface area contributed by atoms with Crippen LogP contribution < -0.4 is 9.92 Å². The highest BCUT2D eigenvalue weighted by Crippen LogP contribution is 2.57. The van der Waals surface area contributed by atoms with Gasteiger partial charge in [-0.25, -0.2) is 0 Å². The van der Waals surface area contributed by atoms with Gasteiger partial charge in [-0.3, -0.25) is 0 Å². The first kappa shape index (κ1) is 24.8. The zero-order valence-electron chi connectivity index (χ0n) is 20.9. The van der Waals surface area contributed by atoms with Gasteiger partial charge >= 0.3 is 0 Å². The van der Waals surface area contributed by atoms with Gasteiger partial charge < -0.3 is 4.74 Å². The van der Waals surface area contributed by atoms with Crippen LogP contribution in [-0.2, 0) is 5.41 Å². The van der Waals surface area contributed by atoms with Crippen molar-refractivity contribution in [3.8, 4) is 15.5 Å². The van der Waals surface area contributed by atoms with Gasteiger partial charge in [-0.1, -0.05) is 77.0 Å². The van der Waals surface area contributed by atoms with Crippen molar-refractivity contribution in [1.82, 2.24) is 0 Å². The molecule has 0 saturated carbocycles. The zero-order valence-corrected chi connectivity index (χ0v) is 24.3. The minimum atomic E-state index is -2.13. The Kier molecular flexibility index (Phi) is 6.78. The Morgan fingerprint density at radius 2 is 1.55 bits per heavy atom.